The first-order chi connectivity index (χ1) is 11.7. The molecule has 2 aromatic rings. The molecule has 2 aromatic carbocycles. The summed E-state index contributed by atoms with van der Waals surface area (Å²) in [5.74, 6) is 1.03. The fourth-order valence-electron chi connectivity index (χ4n) is 2.83. The standard InChI is InChI=1S/C19H20N2O2S/c1-15(16-8-4-2-5-9-16)21(17-10-6-3-7-11-17)18(22)12-20-14-24-13-19(20)23/h2-11,15H,12-14H2,1H3/t15-/m0/s1. The van der Waals surface area contributed by atoms with Gasteiger partial charge in [0.05, 0.1) is 17.7 Å². The lowest BCUT2D eigenvalue weighted by atomic mass is 10.1. The van der Waals surface area contributed by atoms with Crippen LogP contribution in [0.25, 0.3) is 0 Å². The average molecular weight is 340 g/mol. The SMILES string of the molecule is C[C@@H](c1ccccc1)N(C(=O)CN1CSCC1=O)c1ccccc1. The monoisotopic (exact) mass is 340 g/mol. The highest BCUT2D eigenvalue weighted by molar-refractivity contribution is 8.00. The maximum Gasteiger partial charge on any atom is 0.247 e. The molecule has 1 atom stereocenters. The first-order valence-corrected chi connectivity index (χ1v) is 9.10. The van der Waals surface area contributed by atoms with Crippen molar-refractivity contribution in [2.75, 3.05) is 23.1 Å². The van der Waals surface area contributed by atoms with Crippen LogP contribution in [0.2, 0.25) is 0 Å². The van der Waals surface area contributed by atoms with Crippen molar-refractivity contribution < 1.29 is 9.59 Å². The van der Waals surface area contributed by atoms with Crippen LogP contribution in [-0.4, -0.2) is 34.9 Å². The number of thioether (sulfide) groups is 1. The van der Waals surface area contributed by atoms with Crippen molar-refractivity contribution in [3.05, 3.63) is 66.2 Å². The van der Waals surface area contributed by atoms with E-state index in [1.165, 1.54) is 0 Å². The number of para-hydroxylation sites is 1. The van der Waals surface area contributed by atoms with Gasteiger partial charge in [-0.05, 0) is 24.6 Å². The molecular formula is C19H20N2O2S. The van der Waals surface area contributed by atoms with Gasteiger partial charge in [0.1, 0.15) is 6.54 Å². The Labute approximate surface area is 146 Å². The maximum absolute atomic E-state index is 13.0. The van der Waals surface area contributed by atoms with Gasteiger partial charge < -0.3 is 9.80 Å². The number of amides is 2. The molecule has 0 N–H and O–H groups in total. The van der Waals surface area contributed by atoms with Crippen molar-refractivity contribution in [3.63, 3.8) is 0 Å². The van der Waals surface area contributed by atoms with Crippen LogP contribution >= 0.6 is 11.8 Å². The van der Waals surface area contributed by atoms with Gasteiger partial charge in [-0.15, -0.1) is 11.8 Å². The van der Waals surface area contributed by atoms with Crippen LogP contribution in [0.4, 0.5) is 5.69 Å². The Morgan fingerprint density at radius 2 is 1.75 bits per heavy atom. The van der Waals surface area contributed by atoms with Crippen molar-refractivity contribution in [2.24, 2.45) is 0 Å². The summed E-state index contributed by atoms with van der Waals surface area (Å²) in [4.78, 5) is 28.2. The Hall–Kier alpha value is -2.27. The molecule has 1 saturated heterocycles. The van der Waals surface area contributed by atoms with Gasteiger partial charge in [-0.25, -0.2) is 0 Å². The molecule has 0 spiro atoms. The zero-order valence-corrected chi connectivity index (χ0v) is 14.4. The van der Waals surface area contributed by atoms with Gasteiger partial charge in [0.2, 0.25) is 11.8 Å². The highest BCUT2D eigenvalue weighted by atomic mass is 32.2. The van der Waals surface area contributed by atoms with Crippen LogP contribution in [0, 0.1) is 0 Å². The number of anilines is 1. The highest BCUT2D eigenvalue weighted by Crippen LogP contribution is 2.27. The minimum atomic E-state index is -0.105. The second kappa shape index (κ2) is 7.53. The van der Waals surface area contributed by atoms with E-state index in [9.17, 15) is 9.59 Å². The lowest BCUT2D eigenvalue weighted by Gasteiger charge is -2.31. The van der Waals surface area contributed by atoms with Gasteiger partial charge in [-0.2, -0.15) is 0 Å². The van der Waals surface area contributed by atoms with Crippen LogP contribution in [0.1, 0.15) is 18.5 Å². The number of carbonyl (C=O) groups excluding carboxylic acids is 2. The molecule has 0 aliphatic carbocycles. The fourth-order valence-corrected chi connectivity index (χ4v) is 3.74. The topological polar surface area (TPSA) is 40.6 Å². The highest BCUT2D eigenvalue weighted by Gasteiger charge is 2.28. The van der Waals surface area contributed by atoms with Gasteiger partial charge in [0.25, 0.3) is 0 Å². The van der Waals surface area contributed by atoms with E-state index in [0.717, 1.165) is 11.3 Å². The van der Waals surface area contributed by atoms with Crippen molar-refractivity contribution >= 4 is 29.3 Å². The number of hydrogen-bond donors (Lipinski definition) is 0. The molecule has 5 heteroatoms. The largest absolute Gasteiger partial charge is 0.323 e. The third-order valence-corrected chi connectivity index (χ3v) is 5.07. The smallest absolute Gasteiger partial charge is 0.247 e. The summed E-state index contributed by atoms with van der Waals surface area (Å²) >= 11 is 1.55. The summed E-state index contributed by atoms with van der Waals surface area (Å²) in [5, 5.41) is 0. The summed E-state index contributed by atoms with van der Waals surface area (Å²) in [6, 6.07) is 19.5. The van der Waals surface area contributed by atoms with Gasteiger partial charge in [-0.3, -0.25) is 9.59 Å². The summed E-state index contributed by atoms with van der Waals surface area (Å²) in [7, 11) is 0. The molecule has 1 aliphatic rings. The van der Waals surface area contributed by atoms with Crippen molar-refractivity contribution in [2.45, 2.75) is 13.0 Å². The molecule has 0 unspecified atom stereocenters. The second-order valence-electron chi connectivity index (χ2n) is 5.76. The molecule has 124 valence electrons. The van der Waals surface area contributed by atoms with E-state index in [1.54, 1.807) is 21.6 Å². The van der Waals surface area contributed by atoms with Gasteiger partial charge in [-0.1, -0.05) is 48.5 Å². The van der Waals surface area contributed by atoms with E-state index >= 15 is 0 Å². The molecule has 1 aliphatic heterocycles. The fraction of sp³-hybridized carbons (Fsp3) is 0.263. The number of carbonyl (C=O) groups is 2. The van der Waals surface area contributed by atoms with Crippen LogP contribution in [0.3, 0.4) is 0 Å². The van der Waals surface area contributed by atoms with Crippen molar-refractivity contribution in [1.29, 1.82) is 0 Å². The van der Waals surface area contributed by atoms with E-state index in [-0.39, 0.29) is 24.4 Å². The molecule has 1 fully saturated rings. The zero-order valence-electron chi connectivity index (χ0n) is 13.6. The average Bonchev–Trinajstić information content (AvgIpc) is 3.01. The van der Waals surface area contributed by atoms with Crippen molar-refractivity contribution in [3.8, 4) is 0 Å². The Bertz CT molecular complexity index is 706. The van der Waals surface area contributed by atoms with Crippen LogP contribution in [-0.2, 0) is 9.59 Å². The third kappa shape index (κ3) is 3.62. The Balaban J connectivity index is 1.87. The summed E-state index contributed by atoms with van der Waals surface area (Å²) in [6.45, 7) is 2.14. The first-order valence-electron chi connectivity index (χ1n) is 7.94. The third-order valence-electron chi connectivity index (χ3n) is 4.12. The minimum absolute atomic E-state index is 0.0359. The second-order valence-corrected chi connectivity index (χ2v) is 6.71. The van der Waals surface area contributed by atoms with E-state index in [4.69, 9.17) is 0 Å². The first kappa shape index (κ1) is 16.6. The van der Waals surface area contributed by atoms with Crippen LogP contribution in [0.5, 0.6) is 0 Å². The predicted molar refractivity (Wildman–Crippen MR) is 97.8 cm³/mol. The lowest BCUT2D eigenvalue weighted by molar-refractivity contribution is -0.131. The quantitative estimate of drug-likeness (QED) is 0.838. The number of benzene rings is 2. The molecule has 0 aromatic heterocycles. The number of nitrogens with zero attached hydrogens (tertiary/aromatic N) is 2. The van der Waals surface area contributed by atoms with Crippen LogP contribution in [0.15, 0.2) is 60.7 Å². The zero-order chi connectivity index (χ0) is 16.9. The minimum Gasteiger partial charge on any atom is -0.323 e. The predicted octanol–water partition coefficient (Wildman–Crippen LogP) is 3.31. The van der Waals surface area contributed by atoms with E-state index in [2.05, 4.69) is 0 Å². The molecule has 1 heterocycles. The normalized spacial score (nSPS) is 15.4. The van der Waals surface area contributed by atoms with Crippen LogP contribution < -0.4 is 4.90 Å². The van der Waals surface area contributed by atoms with E-state index < -0.39 is 0 Å². The lowest BCUT2D eigenvalue weighted by Crippen LogP contribution is -2.42. The Kier molecular flexibility index (Phi) is 5.20. The Morgan fingerprint density at radius 3 is 2.33 bits per heavy atom. The molecule has 2 amide bonds. The summed E-state index contributed by atoms with van der Waals surface area (Å²) < 4.78 is 0. The van der Waals surface area contributed by atoms with E-state index in [0.29, 0.717) is 11.6 Å². The van der Waals surface area contributed by atoms with Gasteiger partial charge >= 0.3 is 0 Å². The summed E-state index contributed by atoms with van der Waals surface area (Å²) in [6.07, 6.45) is 0. The molecule has 0 saturated carbocycles. The van der Waals surface area contributed by atoms with Gasteiger partial charge in [0.15, 0.2) is 0 Å². The molecular weight excluding hydrogens is 320 g/mol. The number of hydrogen-bond acceptors (Lipinski definition) is 3. The Morgan fingerprint density at radius 1 is 1.12 bits per heavy atom. The maximum atomic E-state index is 13.0. The number of rotatable bonds is 5. The molecule has 3 rings (SSSR count). The van der Waals surface area contributed by atoms with E-state index in [1.807, 2.05) is 67.6 Å². The summed E-state index contributed by atoms with van der Waals surface area (Å²) in [5.41, 5.74) is 1.91. The molecule has 24 heavy (non-hydrogen) atoms. The van der Waals surface area contributed by atoms with Gasteiger partial charge in [0, 0.05) is 5.69 Å². The molecule has 0 bridgehead atoms. The molecule has 4 nitrogen and oxygen atoms in total. The van der Waals surface area contributed by atoms with Crippen molar-refractivity contribution in [1.82, 2.24) is 4.90 Å². The molecule has 0 radical (unpaired) electrons.